The van der Waals surface area contributed by atoms with Gasteiger partial charge in [-0.2, -0.15) is 0 Å². The van der Waals surface area contributed by atoms with Crippen LogP contribution in [0.5, 0.6) is 0 Å². The molecular weight excluding hydrogens is 562 g/mol. The molecule has 0 spiro atoms. The van der Waals surface area contributed by atoms with Crippen molar-refractivity contribution in [3.05, 3.63) is 163 Å². The van der Waals surface area contributed by atoms with Crippen LogP contribution in [0.15, 0.2) is 152 Å². The van der Waals surface area contributed by atoms with Crippen LogP contribution < -0.4 is 4.90 Å². The molecule has 0 aliphatic rings. The molecule has 3 aromatic heterocycles. The van der Waals surface area contributed by atoms with Crippen molar-refractivity contribution in [1.29, 1.82) is 0 Å². The van der Waals surface area contributed by atoms with E-state index in [0.717, 1.165) is 67.5 Å². The van der Waals surface area contributed by atoms with Crippen molar-refractivity contribution < 1.29 is 0 Å². The molecule has 0 N–H and O–H groups in total. The Morgan fingerprint density at radius 3 is 1.63 bits per heavy atom. The summed E-state index contributed by atoms with van der Waals surface area (Å²) in [5, 5.41) is 0. The lowest BCUT2D eigenvalue weighted by molar-refractivity contribution is 1.19. The molecule has 0 saturated heterocycles. The number of aromatic nitrogens is 4. The van der Waals surface area contributed by atoms with Crippen LogP contribution in [0.4, 0.5) is 17.1 Å². The van der Waals surface area contributed by atoms with Gasteiger partial charge in [0.1, 0.15) is 5.65 Å². The Hall–Kier alpha value is -6.07. The zero-order valence-electron chi connectivity index (χ0n) is 25.7. The molecule has 8 aromatic rings. The minimum Gasteiger partial charge on any atom is -0.310 e. The Balaban J connectivity index is 1.21. The summed E-state index contributed by atoms with van der Waals surface area (Å²) < 4.78 is 2.05. The number of hydrogen-bond acceptors (Lipinski definition) is 4. The van der Waals surface area contributed by atoms with Crippen molar-refractivity contribution in [1.82, 2.24) is 19.4 Å². The number of aryl methyl sites for hydroxylation is 2. The molecule has 220 valence electrons. The largest absolute Gasteiger partial charge is 0.310 e. The van der Waals surface area contributed by atoms with Crippen LogP contribution in [0, 0.1) is 13.8 Å². The number of nitrogens with zero attached hydrogens (tertiary/aromatic N) is 5. The predicted octanol–water partition coefficient (Wildman–Crippen LogP) is 10.4. The number of pyridine rings is 1. The quantitative estimate of drug-likeness (QED) is 0.192. The van der Waals surface area contributed by atoms with Gasteiger partial charge in [0.05, 0.1) is 28.1 Å². The zero-order chi connectivity index (χ0) is 31.0. The smallest absolute Gasteiger partial charge is 0.137 e. The van der Waals surface area contributed by atoms with Crippen molar-refractivity contribution in [3.63, 3.8) is 0 Å². The van der Waals surface area contributed by atoms with E-state index in [0.29, 0.717) is 0 Å². The minimum atomic E-state index is 0.867. The second-order valence-electron chi connectivity index (χ2n) is 11.6. The number of hydrogen-bond donors (Lipinski definition) is 0. The minimum absolute atomic E-state index is 0.867. The standard InChI is InChI=1S/C41H31N5/c1-28-24-29(2)26-35(25-28)46(33-19-15-30(16-20-33)38-27-45-23-9-8-14-39(45)42-38)34-21-17-32(18-22-34)41-40(31-10-4-3-5-11-31)43-36-12-6-7-13-37(36)44-41/h3-27H,1-2H3. The van der Waals surface area contributed by atoms with E-state index in [2.05, 4.69) is 108 Å². The van der Waals surface area contributed by atoms with E-state index < -0.39 is 0 Å². The lowest BCUT2D eigenvalue weighted by atomic mass is 10.0. The van der Waals surface area contributed by atoms with E-state index >= 15 is 0 Å². The van der Waals surface area contributed by atoms with Crippen LogP contribution in [0.3, 0.4) is 0 Å². The van der Waals surface area contributed by atoms with E-state index in [-0.39, 0.29) is 0 Å². The highest BCUT2D eigenvalue weighted by Crippen LogP contribution is 2.38. The van der Waals surface area contributed by atoms with Gasteiger partial charge in [-0.25, -0.2) is 15.0 Å². The number of anilines is 3. The van der Waals surface area contributed by atoms with Gasteiger partial charge < -0.3 is 9.30 Å². The van der Waals surface area contributed by atoms with E-state index in [1.54, 1.807) is 0 Å². The molecule has 0 unspecified atom stereocenters. The Morgan fingerprint density at radius 1 is 0.478 bits per heavy atom. The summed E-state index contributed by atoms with van der Waals surface area (Å²) in [6.45, 7) is 4.29. The van der Waals surface area contributed by atoms with Gasteiger partial charge in [-0.05, 0) is 85.6 Å². The Labute approximate surface area is 268 Å². The third-order valence-corrected chi connectivity index (χ3v) is 8.27. The van der Waals surface area contributed by atoms with Crippen LogP contribution >= 0.6 is 0 Å². The molecule has 5 heteroatoms. The van der Waals surface area contributed by atoms with Crippen molar-refractivity contribution in [3.8, 4) is 33.8 Å². The third-order valence-electron chi connectivity index (χ3n) is 8.27. The Bertz CT molecular complexity index is 2270. The normalized spacial score (nSPS) is 11.3. The van der Waals surface area contributed by atoms with Gasteiger partial charge in [-0.3, -0.25) is 0 Å². The maximum absolute atomic E-state index is 5.11. The highest BCUT2D eigenvalue weighted by atomic mass is 15.1. The third kappa shape index (κ3) is 5.18. The van der Waals surface area contributed by atoms with Gasteiger partial charge in [-0.15, -0.1) is 0 Å². The zero-order valence-corrected chi connectivity index (χ0v) is 25.7. The highest BCUT2D eigenvalue weighted by molar-refractivity contribution is 5.87. The number of benzene rings is 5. The summed E-state index contributed by atoms with van der Waals surface area (Å²) in [5.74, 6) is 0. The molecule has 0 aliphatic carbocycles. The lowest BCUT2D eigenvalue weighted by Crippen LogP contribution is -2.10. The molecule has 0 saturated carbocycles. The molecule has 0 fully saturated rings. The molecular formula is C41H31N5. The summed E-state index contributed by atoms with van der Waals surface area (Å²) >= 11 is 0. The first-order valence-electron chi connectivity index (χ1n) is 15.4. The predicted molar refractivity (Wildman–Crippen MR) is 189 cm³/mol. The fourth-order valence-electron chi connectivity index (χ4n) is 6.15. The molecule has 0 radical (unpaired) electrons. The maximum Gasteiger partial charge on any atom is 0.137 e. The van der Waals surface area contributed by atoms with Crippen molar-refractivity contribution >= 4 is 33.7 Å². The fraction of sp³-hybridized carbons (Fsp3) is 0.0488. The summed E-state index contributed by atoms with van der Waals surface area (Å²) in [4.78, 5) is 17.3. The Kier molecular flexibility index (Phi) is 6.84. The van der Waals surface area contributed by atoms with Gasteiger partial charge in [0.15, 0.2) is 0 Å². The number of imidazole rings is 1. The second kappa shape index (κ2) is 11.5. The van der Waals surface area contributed by atoms with Crippen molar-refractivity contribution in [2.75, 3.05) is 4.90 Å². The van der Waals surface area contributed by atoms with Crippen LogP contribution in [0.25, 0.3) is 50.5 Å². The summed E-state index contributed by atoms with van der Waals surface area (Å²) in [7, 11) is 0. The monoisotopic (exact) mass is 593 g/mol. The lowest BCUT2D eigenvalue weighted by Gasteiger charge is -2.26. The molecule has 8 rings (SSSR count). The average Bonchev–Trinajstić information content (AvgIpc) is 3.53. The fourth-order valence-corrected chi connectivity index (χ4v) is 6.15. The molecule has 0 bridgehead atoms. The molecule has 0 amide bonds. The summed E-state index contributed by atoms with van der Waals surface area (Å²) in [5.41, 5.74) is 14.2. The molecule has 0 aliphatic heterocycles. The molecule has 46 heavy (non-hydrogen) atoms. The topological polar surface area (TPSA) is 46.3 Å². The maximum atomic E-state index is 5.11. The van der Waals surface area contributed by atoms with Crippen molar-refractivity contribution in [2.24, 2.45) is 0 Å². The number of fused-ring (bicyclic) bond motifs is 2. The average molecular weight is 594 g/mol. The van der Waals surface area contributed by atoms with Gasteiger partial charge in [-0.1, -0.05) is 78.9 Å². The SMILES string of the molecule is Cc1cc(C)cc(N(c2ccc(-c3cn4ccccc4n3)cc2)c2ccc(-c3nc4ccccc4nc3-c3ccccc3)cc2)c1. The Morgan fingerprint density at radius 2 is 1.02 bits per heavy atom. The van der Waals surface area contributed by atoms with E-state index in [4.69, 9.17) is 15.0 Å². The molecule has 3 heterocycles. The number of para-hydroxylation sites is 2. The van der Waals surface area contributed by atoms with Gasteiger partial charge in [0, 0.05) is 46.1 Å². The first-order valence-corrected chi connectivity index (χ1v) is 15.4. The van der Waals surface area contributed by atoms with Crippen LogP contribution in [0.2, 0.25) is 0 Å². The second-order valence-corrected chi connectivity index (χ2v) is 11.6. The molecule has 5 aromatic carbocycles. The first-order chi connectivity index (χ1) is 22.6. The van der Waals surface area contributed by atoms with Crippen LogP contribution in [0.1, 0.15) is 11.1 Å². The highest BCUT2D eigenvalue weighted by Gasteiger charge is 2.17. The van der Waals surface area contributed by atoms with E-state index in [1.165, 1.54) is 11.1 Å². The van der Waals surface area contributed by atoms with E-state index in [1.807, 2.05) is 66.9 Å². The number of rotatable bonds is 6. The summed E-state index contributed by atoms with van der Waals surface area (Å²) in [6.07, 6.45) is 4.10. The first kappa shape index (κ1) is 27.5. The van der Waals surface area contributed by atoms with E-state index in [9.17, 15) is 0 Å². The van der Waals surface area contributed by atoms with Gasteiger partial charge >= 0.3 is 0 Å². The van der Waals surface area contributed by atoms with Gasteiger partial charge in [0.2, 0.25) is 0 Å². The van der Waals surface area contributed by atoms with Gasteiger partial charge in [0.25, 0.3) is 0 Å². The van der Waals surface area contributed by atoms with Crippen molar-refractivity contribution in [2.45, 2.75) is 13.8 Å². The molecule has 0 atom stereocenters. The molecule has 5 nitrogen and oxygen atoms in total. The van der Waals surface area contributed by atoms with Crippen LogP contribution in [-0.4, -0.2) is 19.4 Å². The van der Waals surface area contributed by atoms with Crippen LogP contribution in [-0.2, 0) is 0 Å². The summed E-state index contributed by atoms with van der Waals surface area (Å²) in [6, 6.07) is 48.4.